The molecule has 0 aliphatic carbocycles. The molecule has 1 aromatic rings. The molecular formula is C18H27N3O5. The molecule has 26 heavy (non-hydrogen) atoms. The first-order chi connectivity index (χ1) is 12.5. The van der Waals surface area contributed by atoms with Gasteiger partial charge in [-0.3, -0.25) is 4.79 Å². The highest BCUT2D eigenvalue weighted by molar-refractivity contribution is 6.00. The van der Waals surface area contributed by atoms with Crippen LogP contribution in [0.3, 0.4) is 0 Å². The quantitative estimate of drug-likeness (QED) is 0.828. The number of piperazine rings is 1. The van der Waals surface area contributed by atoms with E-state index in [0.717, 1.165) is 6.42 Å². The summed E-state index contributed by atoms with van der Waals surface area (Å²) in [6.45, 7) is 4.54. The third kappa shape index (κ3) is 4.30. The average molecular weight is 365 g/mol. The Kier molecular flexibility index (Phi) is 6.94. The molecule has 144 valence electrons. The van der Waals surface area contributed by atoms with Crippen LogP contribution in [0, 0.1) is 0 Å². The van der Waals surface area contributed by atoms with E-state index in [-0.39, 0.29) is 11.9 Å². The highest BCUT2D eigenvalue weighted by Gasteiger charge is 2.29. The van der Waals surface area contributed by atoms with E-state index >= 15 is 0 Å². The van der Waals surface area contributed by atoms with Gasteiger partial charge in [0.25, 0.3) is 5.91 Å². The number of urea groups is 1. The van der Waals surface area contributed by atoms with Gasteiger partial charge in [0.15, 0.2) is 0 Å². The van der Waals surface area contributed by atoms with Crippen LogP contribution in [-0.4, -0.2) is 75.8 Å². The Hall–Kier alpha value is -2.64. The maximum atomic E-state index is 13.0. The van der Waals surface area contributed by atoms with Crippen LogP contribution in [0.1, 0.15) is 23.7 Å². The minimum atomic E-state index is -0.185. The number of benzene rings is 1. The summed E-state index contributed by atoms with van der Waals surface area (Å²) in [5, 5.41) is 2.86. The highest BCUT2D eigenvalue weighted by Crippen LogP contribution is 2.35. The largest absolute Gasteiger partial charge is 0.496 e. The number of methoxy groups -OCH3 is 3. The average Bonchev–Trinajstić information content (AvgIpc) is 2.70. The maximum Gasteiger partial charge on any atom is 0.317 e. The third-order valence-electron chi connectivity index (χ3n) is 4.31. The van der Waals surface area contributed by atoms with E-state index in [2.05, 4.69) is 5.32 Å². The number of hydrogen-bond acceptors (Lipinski definition) is 5. The van der Waals surface area contributed by atoms with E-state index in [1.54, 1.807) is 29.0 Å². The molecule has 0 unspecified atom stereocenters. The summed E-state index contributed by atoms with van der Waals surface area (Å²) < 4.78 is 15.9. The van der Waals surface area contributed by atoms with Crippen molar-refractivity contribution >= 4 is 11.9 Å². The van der Waals surface area contributed by atoms with Crippen LogP contribution in [0.4, 0.5) is 4.79 Å². The first-order valence-electron chi connectivity index (χ1n) is 8.67. The zero-order valence-corrected chi connectivity index (χ0v) is 15.8. The Morgan fingerprint density at radius 3 is 1.96 bits per heavy atom. The lowest BCUT2D eigenvalue weighted by Crippen LogP contribution is -2.53. The molecule has 8 heteroatoms. The van der Waals surface area contributed by atoms with Crippen molar-refractivity contribution in [3.63, 3.8) is 0 Å². The van der Waals surface area contributed by atoms with Gasteiger partial charge in [-0.05, 0) is 6.42 Å². The Balaban J connectivity index is 2.12. The lowest BCUT2D eigenvalue weighted by molar-refractivity contribution is 0.0658. The number of nitrogens with zero attached hydrogens (tertiary/aromatic N) is 2. The second kappa shape index (κ2) is 9.17. The third-order valence-corrected chi connectivity index (χ3v) is 4.31. The maximum absolute atomic E-state index is 13.0. The number of rotatable bonds is 6. The number of nitrogens with one attached hydrogen (secondary N) is 1. The normalized spacial score (nSPS) is 14.0. The molecule has 2 rings (SSSR count). The summed E-state index contributed by atoms with van der Waals surface area (Å²) in [7, 11) is 4.54. The van der Waals surface area contributed by atoms with E-state index in [0.29, 0.717) is 55.5 Å². The van der Waals surface area contributed by atoms with Crippen molar-refractivity contribution in [1.29, 1.82) is 0 Å². The minimum Gasteiger partial charge on any atom is -0.496 e. The van der Waals surface area contributed by atoms with E-state index in [1.165, 1.54) is 14.2 Å². The molecule has 1 aromatic carbocycles. The monoisotopic (exact) mass is 365 g/mol. The van der Waals surface area contributed by atoms with Crippen molar-refractivity contribution in [2.24, 2.45) is 0 Å². The lowest BCUT2D eigenvalue weighted by atomic mass is 10.1. The van der Waals surface area contributed by atoms with Crippen molar-refractivity contribution < 1.29 is 23.8 Å². The van der Waals surface area contributed by atoms with E-state index in [1.807, 2.05) is 6.92 Å². The fourth-order valence-corrected chi connectivity index (χ4v) is 2.83. The Labute approximate surface area is 154 Å². The Bertz CT molecular complexity index is 617. The van der Waals surface area contributed by atoms with Gasteiger partial charge in [-0.1, -0.05) is 6.92 Å². The van der Waals surface area contributed by atoms with Crippen molar-refractivity contribution in [2.45, 2.75) is 13.3 Å². The number of amides is 3. The van der Waals surface area contributed by atoms with Gasteiger partial charge in [-0.2, -0.15) is 0 Å². The molecule has 3 amide bonds. The Morgan fingerprint density at radius 1 is 0.962 bits per heavy atom. The fourth-order valence-electron chi connectivity index (χ4n) is 2.83. The predicted octanol–water partition coefficient (Wildman–Crippen LogP) is 1.59. The summed E-state index contributed by atoms with van der Waals surface area (Å²) in [6.07, 6.45) is 0.890. The zero-order valence-electron chi connectivity index (χ0n) is 15.8. The zero-order chi connectivity index (χ0) is 19.1. The van der Waals surface area contributed by atoms with Crippen molar-refractivity contribution in [2.75, 3.05) is 54.1 Å². The SMILES string of the molecule is CCCNC(=O)N1CCN(C(=O)c2c(OC)cc(OC)cc2OC)CC1. The molecule has 0 aromatic heterocycles. The fraction of sp³-hybridized carbons (Fsp3) is 0.556. The lowest BCUT2D eigenvalue weighted by Gasteiger charge is -2.35. The molecule has 0 spiro atoms. The smallest absolute Gasteiger partial charge is 0.317 e. The minimum absolute atomic E-state index is 0.0847. The molecule has 0 saturated carbocycles. The molecule has 0 radical (unpaired) electrons. The molecule has 0 atom stereocenters. The highest BCUT2D eigenvalue weighted by atomic mass is 16.5. The van der Waals surface area contributed by atoms with Crippen molar-refractivity contribution in [3.8, 4) is 17.2 Å². The molecule has 1 aliphatic heterocycles. The molecule has 1 fully saturated rings. The van der Waals surface area contributed by atoms with E-state index in [9.17, 15) is 9.59 Å². The van der Waals surface area contributed by atoms with Crippen LogP contribution in [0.5, 0.6) is 17.2 Å². The second-order valence-electron chi connectivity index (χ2n) is 5.92. The molecule has 1 aliphatic rings. The summed E-state index contributed by atoms with van der Waals surface area (Å²) in [4.78, 5) is 28.5. The van der Waals surface area contributed by atoms with Crippen LogP contribution in [-0.2, 0) is 0 Å². The number of carbonyl (C=O) groups excluding carboxylic acids is 2. The van der Waals surface area contributed by atoms with Gasteiger partial charge in [-0.15, -0.1) is 0 Å². The molecule has 8 nitrogen and oxygen atoms in total. The van der Waals surface area contributed by atoms with Gasteiger partial charge < -0.3 is 29.3 Å². The van der Waals surface area contributed by atoms with Gasteiger partial charge in [0, 0.05) is 44.9 Å². The number of ether oxygens (including phenoxy) is 3. The molecule has 1 N–H and O–H groups in total. The van der Waals surface area contributed by atoms with Gasteiger partial charge in [0.2, 0.25) is 0 Å². The van der Waals surface area contributed by atoms with E-state index in [4.69, 9.17) is 14.2 Å². The first kappa shape index (κ1) is 19.7. The number of carbonyl (C=O) groups is 2. The predicted molar refractivity (Wildman–Crippen MR) is 97.3 cm³/mol. The van der Waals surface area contributed by atoms with E-state index < -0.39 is 0 Å². The Morgan fingerprint density at radius 2 is 1.50 bits per heavy atom. The summed E-state index contributed by atoms with van der Waals surface area (Å²) in [5.41, 5.74) is 0.361. The molecular weight excluding hydrogens is 338 g/mol. The van der Waals surface area contributed by atoms with Gasteiger partial charge in [0.1, 0.15) is 22.8 Å². The van der Waals surface area contributed by atoms with Gasteiger partial charge in [0.05, 0.1) is 21.3 Å². The summed E-state index contributed by atoms with van der Waals surface area (Å²) in [6, 6.07) is 3.23. The second-order valence-corrected chi connectivity index (χ2v) is 5.92. The van der Waals surface area contributed by atoms with Gasteiger partial charge >= 0.3 is 6.03 Å². The molecule has 1 saturated heterocycles. The van der Waals surface area contributed by atoms with Crippen LogP contribution < -0.4 is 19.5 Å². The van der Waals surface area contributed by atoms with Crippen molar-refractivity contribution in [1.82, 2.24) is 15.1 Å². The first-order valence-corrected chi connectivity index (χ1v) is 8.67. The molecule has 1 heterocycles. The van der Waals surface area contributed by atoms with Crippen LogP contribution in [0.25, 0.3) is 0 Å². The van der Waals surface area contributed by atoms with Crippen LogP contribution in [0.2, 0.25) is 0 Å². The summed E-state index contributed by atoms with van der Waals surface area (Å²) >= 11 is 0. The standard InChI is InChI=1S/C18H27N3O5/c1-5-6-19-18(23)21-9-7-20(8-10-21)17(22)16-14(25-3)11-13(24-2)12-15(16)26-4/h11-12H,5-10H2,1-4H3,(H,19,23). The van der Waals surface area contributed by atoms with Gasteiger partial charge in [-0.25, -0.2) is 4.79 Å². The summed E-state index contributed by atoms with van der Waals surface area (Å²) in [5.74, 6) is 1.16. The molecule has 0 bridgehead atoms. The van der Waals surface area contributed by atoms with Crippen LogP contribution >= 0.6 is 0 Å². The number of hydrogen-bond donors (Lipinski definition) is 1. The van der Waals surface area contributed by atoms with Crippen molar-refractivity contribution in [3.05, 3.63) is 17.7 Å². The topological polar surface area (TPSA) is 80.3 Å². The van der Waals surface area contributed by atoms with Crippen LogP contribution in [0.15, 0.2) is 12.1 Å².